The van der Waals surface area contributed by atoms with E-state index in [1.54, 1.807) is 12.3 Å². The molecule has 31 heavy (non-hydrogen) atoms. The minimum Gasteiger partial charge on any atom is -0.378 e. The van der Waals surface area contributed by atoms with Crippen molar-refractivity contribution >= 4 is 22.6 Å². The van der Waals surface area contributed by atoms with Gasteiger partial charge < -0.3 is 19.5 Å². The lowest BCUT2D eigenvalue weighted by Crippen LogP contribution is -2.37. The van der Waals surface area contributed by atoms with Gasteiger partial charge in [-0.3, -0.25) is 4.79 Å². The zero-order chi connectivity index (χ0) is 21.0. The van der Waals surface area contributed by atoms with E-state index in [-0.39, 0.29) is 5.91 Å². The Morgan fingerprint density at radius 1 is 1.03 bits per heavy atom. The van der Waals surface area contributed by atoms with Gasteiger partial charge in [0, 0.05) is 42.5 Å². The fourth-order valence-corrected chi connectivity index (χ4v) is 3.79. The largest absolute Gasteiger partial charge is 0.378 e. The van der Waals surface area contributed by atoms with Crippen LogP contribution in [0.25, 0.3) is 22.2 Å². The van der Waals surface area contributed by atoms with Gasteiger partial charge in [-0.25, -0.2) is 4.98 Å². The summed E-state index contributed by atoms with van der Waals surface area (Å²) in [5.74, 6) is 1.40. The maximum absolute atomic E-state index is 12.9. The molecule has 156 valence electrons. The number of aromatic nitrogens is 2. The summed E-state index contributed by atoms with van der Waals surface area (Å²) < 4.78 is 11.0. The molecule has 0 radical (unpaired) electrons. The number of amides is 1. The Morgan fingerprint density at radius 3 is 2.71 bits per heavy atom. The Kier molecular flexibility index (Phi) is 5.33. The summed E-state index contributed by atoms with van der Waals surface area (Å²) in [4.78, 5) is 19.6. The molecule has 1 aliphatic rings. The van der Waals surface area contributed by atoms with Gasteiger partial charge in [-0.1, -0.05) is 41.6 Å². The van der Waals surface area contributed by atoms with E-state index >= 15 is 0 Å². The number of anilines is 1. The molecule has 2 aromatic carbocycles. The van der Waals surface area contributed by atoms with E-state index in [1.807, 2.05) is 54.6 Å². The lowest BCUT2D eigenvalue weighted by atomic mass is 10.1. The minimum absolute atomic E-state index is 0.154. The average Bonchev–Trinajstić information content (AvgIpc) is 3.27. The molecule has 2 aromatic heterocycles. The zero-order valence-corrected chi connectivity index (χ0v) is 17.0. The standard InChI is InChI=1S/C24H22N4O3/c29-24(26-16-19-7-4-10-25-23(19)28-11-13-30-14-12-28)18-8-9-21-20(15-18)22(31-27-21)17-5-2-1-3-6-17/h1-10,15H,11-14,16H2,(H,26,29). The number of nitrogens with one attached hydrogen (secondary N) is 1. The molecule has 5 rings (SSSR count). The summed E-state index contributed by atoms with van der Waals surface area (Å²) in [6.45, 7) is 3.36. The molecular weight excluding hydrogens is 392 g/mol. The van der Waals surface area contributed by atoms with Crippen molar-refractivity contribution < 1.29 is 14.1 Å². The fraction of sp³-hybridized carbons (Fsp3) is 0.208. The van der Waals surface area contributed by atoms with Crippen LogP contribution in [-0.4, -0.2) is 42.4 Å². The Labute approximate surface area is 179 Å². The lowest BCUT2D eigenvalue weighted by Gasteiger charge is -2.29. The molecule has 1 saturated heterocycles. The first-order chi connectivity index (χ1) is 15.3. The van der Waals surface area contributed by atoms with Gasteiger partial charge in [0.25, 0.3) is 5.91 Å². The van der Waals surface area contributed by atoms with E-state index in [1.165, 1.54) is 0 Å². The highest BCUT2D eigenvalue weighted by molar-refractivity contribution is 6.01. The van der Waals surface area contributed by atoms with E-state index in [0.29, 0.717) is 31.1 Å². The second-order valence-corrected chi connectivity index (χ2v) is 7.38. The number of fused-ring (bicyclic) bond motifs is 1. The highest BCUT2D eigenvalue weighted by Gasteiger charge is 2.17. The molecule has 0 spiro atoms. The number of morpholine rings is 1. The van der Waals surface area contributed by atoms with Crippen LogP contribution in [-0.2, 0) is 11.3 Å². The predicted molar refractivity (Wildman–Crippen MR) is 118 cm³/mol. The first-order valence-electron chi connectivity index (χ1n) is 10.3. The second-order valence-electron chi connectivity index (χ2n) is 7.38. The number of benzene rings is 2. The van der Waals surface area contributed by atoms with Gasteiger partial charge in [0.15, 0.2) is 5.76 Å². The number of hydrogen-bond acceptors (Lipinski definition) is 6. The highest BCUT2D eigenvalue weighted by Crippen LogP contribution is 2.29. The van der Waals surface area contributed by atoms with Gasteiger partial charge in [-0.05, 0) is 24.3 Å². The Balaban J connectivity index is 1.36. The molecule has 1 fully saturated rings. The van der Waals surface area contributed by atoms with Crippen LogP contribution in [0.15, 0.2) is 71.4 Å². The van der Waals surface area contributed by atoms with Crippen LogP contribution in [0.2, 0.25) is 0 Å². The summed E-state index contributed by atoms with van der Waals surface area (Å²) in [6, 6.07) is 19.0. The molecule has 1 N–H and O–H groups in total. The molecule has 0 bridgehead atoms. The molecule has 3 heterocycles. The van der Waals surface area contributed by atoms with Crippen LogP contribution >= 0.6 is 0 Å². The normalized spacial score (nSPS) is 14.0. The van der Waals surface area contributed by atoms with Gasteiger partial charge in [-0.2, -0.15) is 0 Å². The molecule has 7 heteroatoms. The Morgan fingerprint density at radius 2 is 1.87 bits per heavy atom. The van der Waals surface area contributed by atoms with Crippen molar-refractivity contribution in [3.05, 3.63) is 78.0 Å². The van der Waals surface area contributed by atoms with E-state index in [0.717, 1.165) is 40.9 Å². The molecule has 0 atom stereocenters. The van der Waals surface area contributed by atoms with E-state index in [2.05, 4.69) is 20.4 Å². The van der Waals surface area contributed by atoms with Crippen LogP contribution in [0.4, 0.5) is 5.82 Å². The summed E-state index contributed by atoms with van der Waals surface area (Å²) in [7, 11) is 0. The Bertz CT molecular complexity index is 1200. The number of pyridine rings is 1. The van der Waals surface area contributed by atoms with Crippen molar-refractivity contribution in [3.8, 4) is 11.3 Å². The van der Waals surface area contributed by atoms with Crippen molar-refractivity contribution in [2.75, 3.05) is 31.2 Å². The monoisotopic (exact) mass is 414 g/mol. The van der Waals surface area contributed by atoms with Crippen LogP contribution in [0.1, 0.15) is 15.9 Å². The van der Waals surface area contributed by atoms with Gasteiger partial charge in [0.05, 0.1) is 18.6 Å². The van der Waals surface area contributed by atoms with Crippen LogP contribution in [0.3, 0.4) is 0 Å². The van der Waals surface area contributed by atoms with Gasteiger partial charge >= 0.3 is 0 Å². The lowest BCUT2D eigenvalue weighted by molar-refractivity contribution is 0.0951. The SMILES string of the molecule is O=C(NCc1cccnc1N1CCOCC1)c1ccc2noc(-c3ccccc3)c2c1. The maximum Gasteiger partial charge on any atom is 0.251 e. The van der Waals surface area contributed by atoms with Gasteiger partial charge in [0.1, 0.15) is 11.3 Å². The van der Waals surface area contributed by atoms with Crippen LogP contribution in [0.5, 0.6) is 0 Å². The minimum atomic E-state index is -0.154. The third-order valence-electron chi connectivity index (χ3n) is 5.39. The summed E-state index contributed by atoms with van der Waals surface area (Å²) in [6.07, 6.45) is 1.78. The van der Waals surface area contributed by atoms with Crippen molar-refractivity contribution in [1.29, 1.82) is 0 Å². The van der Waals surface area contributed by atoms with E-state index in [9.17, 15) is 4.79 Å². The van der Waals surface area contributed by atoms with Crippen LogP contribution < -0.4 is 10.2 Å². The van der Waals surface area contributed by atoms with Crippen molar-refractivity contribution in [2.45, 2.75) is 6.54 Å². The van der Waals surface area contributed by atoms with E-state index < -0.39 is 0 Å². The van der Waals surface area contributed by atoms with Crippen molar-refractivity contribution in [2.24, 2.45) is 0 Å². The average molecular weight is 414 g/mol. The van der Waals surface area contributed by atoms with Crippen molar-refractivity contribution in [1.82, 2.24) is 15.5 Å². The van der Waals surface area contributed by atoms with Crippen molar-refractivity contribution in [3.63, 3.8) is 0 Å². The highest BCUT2D eigenvalue weighted by atomic mass is 16.5. The summed E-state index contributed by atoms with van der Waals surface area (Å²) in [5.41, 5.74) is 3.18. The number of carbonyl (C=O) groups excluding carboxylic acids is 1. The molecule has 1 aliphatic heterocycles. The fourth-order valence-electron chi connectivity index (χ4n) is 3.79. The molecule has 1 amide bonds. The summed E-state index contributed by atoms with van der Waals surface area (Å²) >= 11 is 0. The number of ether oxygens (including phenoxy) is 1. The number of nitrogens with zero attached hydrogens (tertiary/aromatic N) is 3. The topological polar surface area (TPSA) is 80.5 Å². The maximum atomic E-state index is 12.9. The molecular formula is C24H22N4O3. The first-order valence-corrected chi connectivity index (χ1v) is 10.3. The smallest absolute Gasteiger partial charge is 0.251 e. The predicted octanol–water partition coefficient (Wildman–Crippen LogP) is 3.66. The summed E-state index contributed by atoms with van der Waals surface area (Å²) in [5, 5.41) is 7.96. The van der Waals surface area contributed by atoms with Crippen LogP contribution in [0, 0.1) is 0 Å². The van der Waals surface area contributed by atoms with E-state index in [4.69, 9.17) is 9.26 Å². The zero-order valence-electron chi connectivity index (χ0n) is 17.0. The molecule has 4 aromatic rings. The first kappa shape index (κ1) is 19.3. The molecule has 0 aliphatic carbocycles. The second kappa shape index (κ2) is 8.57. The molecule has 0 unspecified atom stereocenters. The Hall–Kier alpha value is -3.71. The van der Waals surface area contributed by atoms with Gasteiger partial charge in [-0.15, -0.1) is 0 Å². The third-order valence-corrected chi connectivity index (χ3v) is 5.39. The number of carbonyl (C=O) groups is 1. The van der Waals surface area contributed by atoms with Gasteiger partial charge in [0.2, 0.25) is 0 Å². The number of rotatable bonds is 5. The third kappa shape index (κ3) is 4.00. The molecule has 0 saturated carbocycles. The number of hydrogen-bond donors (Lipinski definition) is 1. The molecule has 7 nitrogen and oxygen atoms in total. The quantitative estimate of drug-likeness (QED) is 0.537.